The molecule has 0 aliphatic heterocycles. The second kappa shape index (κ2) is 7.60. The molecule has 0 saturated heterocycles. The summed E-state index contributed by atoms with van der Waals surface area (Å²) >= 11 is 0. The second-order valence-electron chi connectivity index (χ2n) is 3.47. The summed E-state index contributed by atoms with van der Waals surface area (Å²) < 4.78 is 9.24. The molecule has 0 bridgehead atoms. The monoisotopic (exact) mass is 258 g/mol. The minimum Gasteiger partial charge on any atom is -0.463 e. The second-order valence-corrected chi connectivity index (χ2v) is 3.47. The Labute approximate surface area is 106 Å². The maximum atomic E-state index is 11.7. The van der Waals surface area contributed by atoms with Gasteiger partial charge in [-0.25, -0.2) is 9.59 Å². The summed E-state index contributed by atoms with van der Waals surface area (Å²) in [5.41, 5.74) is -2.62. The summed E-state index contributed by atoms with van der Waals surface area (Å²) in [6.07, 6.45) is 1.59. The molecule has 6 heteroatoms. The minimum atomic E-state index is -2.62. The summed E-state index contributed by atoms with van der Waals surface area (Å²) in [7, 11) is 0. The van der Waals surface area contributed by atoms with Gasteiger partial charge in [0.2, 0.25) is 0 Å². The Hall–Kier alpha value is -1.69. The van der Waals surface area contributed by atoms with Crippen molar-refractivity contribution in [3.05, 3.63) is 12.7 Å². The summed E-state index contributed by atoms with van der Waals surface area (Å²) in [5, 5.41) is 10.2. The van der Waals surface area contributed by atoms with Crippen LogP contribution in [0.15, 0.2) is 12.7 Å². The molecule has 0 spiro atoms. The fraction of sp³-hybridized carbons (Fsp3) is 0.583. The first-order valence-electron chi connectivity index (χ1n) is 5.61. The van der Waals surface area contributed by atoms with Crippen LogP contribution in [0.25, 0.3) is 0 Å². The van der Waals surface area contributed by atoms with Gasteiger partial charge in [0.15, 0.2) is 0 Å². The molecule has 0 radical (unpaired) electrons. The lowest BCUT2D eigenvalue weighted by molar-refractivity contribution is -0.190. The maximum absolute atomic E-state index is 11.7. The van der Waals surface area contributed by atoms with Crippen molar-refractivity contribution >= 4 is 18.2 Å². The van der Waals surface area contributed by atoms with Crippen LogP contribution < -0.4 is 0 Å². The number of allylic oxidation sites excluding steroid dienone is 1. The molecular formula is C12H18O6. The first kappa shape index (κ1) is 16.3. The van der Waals surface area contributed by atoms with Gasteiger partial charge in [0.05, 0.1) is 19.1 Å². The highest BCUT2D eigenvalue weighted by molar-refractivity contribution is 6.05. The summed E-state index contributed by atoms with van der Waals surface area (Å²) in [6.45, 7) is 6.38. The Morgan fingerprint density at radius 3 is 2.00 bits per heavy atom. The Kier molecular flexibility index (Phi) is 6.89. The van der Waals surface area contributed by atoms with Crippen LogP contribution in [0.3, 0.4) is 0 Å². The normalized spacial score (nSPS) is 12.4. The molecule has 0 aromatic rings. The van der Waals surface area contributed by atoms with Crippen LogP contribution in [0.2, 0.25) is 0 Å². The highest BCUT2D eigenvalue weighted by Crippen LogP contribution is 2.23. The predicted molar refractivity (Wildman–Crippen MR) is 62.6 cm³/mol. The number of ether oxygens (including phenoxy) is 2. The topological polar surface area (TPSA) is 89.9 Å². The molecule has 0 rings (SSSR count). The molecule has 0 fully saturated rings. The Bertz CT molecular complexity index is 305. The summed E-state index contributed by atoms with van der Waals surface area (Å²) in [5.74, 6) is -3.67. The number of carbonyl (C=O) groups is 3. The average molecular weight is 258 g/mol. The fourth-order valence-corrected chi connectivity index (χ4v) is 1.37. The lowest BCUT2D eigenvalue weighted by atomic mass is 9.86. The van der Waals surface area contributed by atoms with Gasteiger partial charge in [0.1, 0.15) is 6.29 Å². The molecule has 0 aliphatic rings. The van der Waals surface area contributed by atoms with Gasteiger partial charge in [0.25, 0.3) is 5.60 Å². The fourth-order valence-electron chi connectivity index (χ4n) is 1.37. The third-order valence-corrected chi connectivity index (χ3v) is 2.29. The molecular weight excluding hydrogens is 240 g/mol. The van der Waals surface area contributed by atoms with E-state index in [9.17, 15) is 19.5 Å². The van der Waals surface area contributed by atoms with Crippen LogP contribution in [0.5, 0.6) is 0 Å². The SMILES string of the molecule is C=CC[C@H](C=O)C(O)(C(=O)OCC)C(=O)OCC. The largest absolute Gasteiger partial charge is 0.463 e. The minimum absolute atomic E-state index is 0.0276. The highest BCUT2D eigenvalue weighted by atomic mass is 16.6. The molecule has 0 aromatic carbocycles. The number of hydrogen-bond donors (Lipinski definition) is 1. The lowest BCUT2D eigenvalue weighted by Crippen LogP contribution is -2.55. The van der Waals surface area contributed by atoms with E-state index in [1.54, 1.807) is 0 Å². The number of hydrogen-bond acceptors (Lipinski definition) is 6. The molecule has 0 saturated carbocycles. The highest BCUT2D eigenvalue weighted by Gasteiger charge is 2.53. The predicted octanol–water partition coefficient (Wildman–Crippen LogP) is 0.235. The van der Waals surface area contributed by atoms with Gasteiger partial charge in [0, 0.05) is 0 Å². The van der Waals surface area contributed by atoms with E-state index in [0.717, 1.165) is 0 Å². The molecule has 18 heavy (non-hydrogen) atoms. The zero-order chi connectivity index (χ0) is 14.2. The number of aldehydes is 1. The van der Waals surface area contributed by atoms with Crippen LogP contribution in [-0.2, 0) is 23.9 Å². The van der Waals surface area contributed by atoms with E-state index in [-0.39, 0.29) is 19.6 Å². The van der Waals surface area contributed by atoms with Crippen molar-refractivity contribution in [3.8, 4) is 0 Å². The van der Waals surface area contributed by atoms with Crippen molar-refractivity contribution in [2.24, 2.45) is 5.92 Å². The number of carbonyl (C=O) groups excluding carboxylic acids is 3. The van der Waals surface area contributed by atoms with E-state index in [1.165, 1.54) is 19.9 Å². The molecule has 0 heterocycles. The zero-order valence-corrected chi connectivity index (χ0v) is 10.5. The molecule has 102 valence electrons. The van der Waals surface area contributed by atoms with Gasteiger partial charge in [-0.05, 0) is 20.3 Å². The number of esters is 2. The van der Waals surface area contributed by atoms with Crippen LogP contribution >= 0.6 is 0 Å². The number of aliphatic hydroxyl groups is 1. The molecule has 0 aromatic heterocycles. The average Bonchev–Trinajstić information content (AvgIpc) is 2.35. The van der Waals surface area contributed by atoms with Crippen molar-refractivity contribution in [1.82, 2.24) is 0 Å². The maximum Gasteiger partial charge on any atom is 0.350 e. The van der Waals surface area contributed by atoms with E-state index in [1.807, 2.05) is 0 Å². The van der Waals surface area contributed by atoms with Crippen molar-refractivity contribution < 1.29 is 29.0 Å². The van der Waals surface area contributed by atoms with E-state index in [0.29, 0.717) is 6.29 Å². The first-order valence-corrected chi connectivity index (χ1v) is 5.61. The summed E-state index contributed by atoms with van der Waals surface area (Å²) in [4.78, 5) is 34.3. The summed E-state index contributed by atoms with van der Waals surface area (Å²) in [6, 6.07) is 0. The van der Waals surface area contributed by atoms with Gasteiger partial charge in [-0.1, -0.05) is 6.08 Å². The number of rotatable bonds is 8. The van der Waals surface area contributed by atoms with Crippen LogP contribution in [0, 0.1) is 5.92 Å². The Morgan fingerprint density at radius 2 is 1.72 bits per heavy atom. The van der Waals surface area contributed by atoms with E-state index < -0.39 is 23.5 Å². The van der Waals surface area contributed by atoms with Crippen molar-refractivity contribution in [3.63, 3.8) is 0 Å². The molecule has 0 aliphatic carbocycles. The van der Waals surface area contributed by atoms with Crippen LogP contribution in [0.1, 0.15) is 20.3 Å². The van der Waals surface area contributed by atoms with Gasteiger partial charge in [-0.3, -0.25) is 0 Å². The van der Waals surface area contributed by atoms with Crippen LogP contribution in [-0.4, -0.2) is 42.1 Å². The quantitative estimate of drug-likeness (QED) is 0.290. The Morgan fingerprint density at radius 1 is 1.28 bits per heavy atom. The molecule has 6 nitrogen and oxygen atoms in total. The van der Waals surface area contributed by atoms with Crippen LogP contribution in [0.4, 0.5) is 0 Å². The molecule has 0 unspecified atom stereocenters. The van der Waals surface area contributed by atoms with Gasteiger partial charge in [-0.2, -0.15) is 0 Å². The van der Waals surface area contributed by atoms with E-state index >= 15 is 0 Å². The van der Waals surface area contributed by atoms with Gasteiger partial charge >= 0.3 is 11.9 Å². The lowest BCUT2D eigenvalue weighted by Gasteiger charge is -2.27. The van der Waals surface area contributed by atoms with E-state index in [2.05, 4.69) is 16.1 Å². The first-order chi connectivity index (χ1) is 8.48. The molecule has 0 amide bonds. The molecule has 1 atom stereocenters. The van der Waals surface area contributed by atoms with Crippen molar-refractivity contribution in [1.29, 1.82) is 0 Å². The van der Waals surface area contributed by atoms with E-state index in [4.69, 9.17) is 0 Å². The standard InChI is InChI=1S/C12H18O6/c1-4-7-9(8-13)12(16,10(14)17-5-2)11(15)18-6-3/h4,8-9,16H,1,5-7H2,2-3H3/t9-/m1/s1. The van der Waals surface area contributed by atoms with Gasteiger partial charge in [-0.15, -0.1) is 6.58 Å². The third-order valence-electron chi connectivity index (χ3n) is 2.29. The Balaban J connectivity index is 5.35. The smallest absolute Gasteiger partial charge is 0.350 e. The molecule has 1 N–H and O–H groups in total. The van der Waals surface area contributed by atoms with Crippen molar-refractivity contribution in [2.45, 2.75) is 25.9 Å². The third kappa shape index (κ3) is 3.40. The van der Waals surface area contributed by atoms with Gasteiger partial charge < -0.3 is 19.4 Å². The van der Waals surface area contributed by atoms with Crippen molar-refractivity contribution in [2.75, 3.05) is 13.2 Å². The zero-order valence-electron chi connectivity index (χ0n) is 10.5.